The minimum absolute atomic E-state index is 0.125. The van der Waals surface area contributed by atoms with E-state index in [4.69, 9.17) is 4.74 Å². The zero-order chi connectivity index (χ0) is 16.6. The Hall–Kier alpha value is -2.30. The molecule has 1 aliphatic rings. The topological polar surface area (TPSA) is 43.3 Å². The van der Waals surface area contributed by atoms with Gasteiger partial charge >= 0.3 is 0 Å². The van der Waals surface area contributed by atoms with Crippen molar-refractivity contribution >= 4 is 5.91 Å². The van der Waals surface area contributed by atoms with Crippen molar-refractivity contribution in [2.45, 2.75) is 39.8 Å². The van der Waals surface area contributed by atoms with Gasteiger partial charge in [-0.1, -0.05) is 0 Å². The lowest BCUT2D eigenvalue weighted by Gasteiger charge is -2.26. The van der Waals surface area contributed by atoms with Crippen molar-refractivity contribution < 1.29 is 13.9 Å². The fourth-order valence-corrected chi connectivity index (χ4v) is 3.27. The molecule has 3 rings (SSSR count). The van der Waals surface area contributed by atoms with Gasteiger partial charge in [0.1, 0.15) is 11.6 Å². The highest BCUT2D eigenvalue weighted by Gasteiger charge is 2.25. The molecule has 0 spiro atoms. The van der Waals surface area contributed by atoms with Crippen LogP contribution in [0.3, 0.4) is 0 Å². The number of aryl methyl sites for hydroxylation is 1. The molecule has 1 aliphatic heterocycles. The first-order chi connectivity index (χ1) is 11.0. The number of nitrogens with one attached hydrogen (secondary N) is 1. The number of carbonyl (C=O) groups excluding carboxylic acids is 1. The second-order valence-electron chi connectivity index (χ2n) is 5.87. The number of amides is 1. The first-order valence-corrected chi connectivity index (χ1v) is 7.91. The molecule has 1 atom stereocenters. The first kappa shape index (κ1) is 15.6. The Morgan fingerprint density at radius 2 is 2.17 bits per heavy atom. The predicted molar refractivity (Wildman–Crippen MR) is 86.3 cm³/mol. The molecule has 1 amide bonds. The van der Waals surface area contributed by atoms with Crippen molar-refractivity contribution in [2.75, 3.05) is 6.61 Å². The standard InChI is InChI=1S/C18H21FN2O2/c1-4-21-11(2)9-14(12(21)3)18(22)20-16-7-8-23-17-6-5-13(19)10-15(16)17/h5-6,9-10,16H,4,7-8H2,1-3H3,(H,20,22)/t16-/m0/s1. The van der Waals surface area contributed by atoms with E-state index in [1.807, 2.05) is 19.9 Å². The van der Waals surface area contributed by atoms with Gasteiger partial charge in [0.15, 0.2) is 0 Å². The Labute approximate surface area is 135 Å². The third kappa shape index (κ3) is 2.83. The largest absolute Gasteiger partial charge is 0.493 e. The van der Waals surface area contributed by atoms with Crippen LogP contribution in [0, 0.1) is 19.7 Å². The number of nitrogens with zero attached hydrogens (tertiary/aromatic N) is 1. The summed E-state index contributed by atoms with van der Waals surface area (Å²) in [7, 11) is 0. The molecule has 0 unspecified atom stereocenters. The van der Waals surface area contributed by atoms with E-state index in [1.165, 1.54) is 12.1 Å². The van der Waals surface area contributed by atoms with Crippen LogP contribution < -0.4 is 10.1 Å². The van der Waals surface area contributed by atoms with Crippen molar-refractivity contribution in [2.24, 2.45) is 0 Å². The molecule has 2 aromatic rings. The molecule has 2 heterocycles. The molecule has 1 aromatic heterocycles. The number of benzene rings is 1. The van der Waals surface area contributed by atoms with Crippen molar-refractivity contribution in [1.82, 2.24) is 9.88 Å². The number of halogens is 1. The van der Waals surface area contributed by atoms with Crippen LogP contribution in [0.4, 0.5) is 4.39 Å². The van der Waals surface area contributed by atoms with Crippen LogP contribution in [0.5, 0.6) is 5.75 Å². The maximum atomic E-state index is 13.5. The Morgan fingerprint density at radius 3 is 2.87 bits per heavy atom. The number of hydrogen-bond donors (Lipinski definition) is 1. The third-order valence-corrected chi connectivity index (χ3v) is 4.45. The quantitative estimate of drug-likeness (QED) is 0.941. The van der Waals surface area contributed by atoms with Gasteiger partial charge in [-0.15, -0.1) is 0 Å². The summed E-state index contributed by atoms with van der Waals surface area (Å²) in [5.41, 5.74) is 3.39. The number of carbonyl (C=O) groups is 1. The minimum Gasteiger partial charge on any atom is -0.493 e. The van der Waals surface area contributed by atoms with Crippen molar-refractivity contribution in [3.8, 4) is 5.75 Å². The lowest BCUT2D eigenvalue weighted by Crippen LogP contribution is -2.32. The Kier molecular flexibility index (Phi) is 4.11. The molecule has 5 heteroatoms. The maximum absolute atomic E-state index is 13.5. The van der Waals surface area contributed by atoms with E-state index in [-0.39, 0.29) is 17.8 Å². The lowest BCUT2D eigenvalue weighted by molar-refractivity contribution is 0.0924. The first-order valence-electron chi connectivity index (χ1n) is 7.91. The fourth-order valence-electron chi connectivity index (χ4n) is 3.27. The van der Waals surface area contributed by atoms with Crippen LogP contribution in [-0.2, 0) is 6.54 Å². The van der Waals surface area contributed by atoms with Crippen LogP contribution in [-0.4, -0.2) is 17.1 Å². The Bertz CT molecular complexity index is 752. The molecule has 0 bridgehead atoms. The molecular weight excluding hydrogens is 295 g/mol. The zero-order valence-corrected chi connectivity index (χ0v) is 13.6. The SMILES string of the molecule is CCn1c(C)cc(C(=O)N[C@H]2CCOc3ccc(F)cc32)c1C. The monoisotopic (exact) mass is 316 g/mol. The molecular formula is C18H21FN2O2. The van der Waals surface area contributed by atoms with Gasteiger partial charge in [-0.25, -0.2) is 4.39 Å². The second-order valence-corrected chi connectivity index (χ2v) is 5.87. The molecule has 0 saturated carbocycles. The van der Waals surface area contributed by atoms with Gasteiger partial charge in [-0.05, 0) is 45.0 Å². The number of aromatic nitrogens is 1. The van der Waals surface area contributed by atoms with Crippen LogP contribution >= 0.6 is 0 Å². The van der Waals surface area contributed by atoms with E-state index in [0.29, 0.717) is 29.9 Å². The van der Waals surface area contributed by atoms with E-state index in [1.54, 1.807) is 6.07 Å². The summed E-state index contributed by atoms with van der Waals surface area (Å²) in [4.78, 5) is 12.7. The van der Waals surface area contributed by atoms with Gasteiger partial charge in [0.2, 0.25) is 0 Å². The van der Waals surface area contributed by atoms with E-state index in [2.05, 4.69) is 16.8 Å². The Morgan fingerprint density at radius 1 is 1.39 bits per heavy atom. The zero-order valence-electron chi connectivity index (χ0n) is 13.6. The van der Waals surface area contributed by atoms with Gasteiger partial charge in [0.05, 0.1) is 18.2 Å². The summed E-state index contributed by atoms with van der Waals surface area (Å²) < 4.78 is 21.2. The lowest BCUT2D eigenvalue weighted by atomic mass is 10.00. The van der Waals surface area contributed by atoms with E-state index in [0.717, 1.165) is 17.9 Å². The summed E-state index contributed by atoms with van der Waals surface area (Å²) >= 11 is 0. The molecule has 23 heavy (non-hydrogen) atoms. The number of fused-ring (bicyclic) bond motifs is 1. The smallest absolute Gasteiger partial charge is 0.253 e. The third-order valence-electron chi connectivity index (χ3n) is 4.45. The van der Waals surface area contributed by atoms with Crippen molar-refractivity contribution in [3.63, 3.8) is 0 Å². The summed E-state index contributed by atoms with van der Waals surface area (Å²) in [6.07, 6.45) is 0.634. The second kappa shape index (κ2) is 6.07. The molecule has 0 radical (unpaired) electrons. The molecule has 122 valence electrons. The van der Waals surface area contributed by atoms with Gasteiger partial charge in [0, 0.05) is 29.9 Å². The number of rotatable bonds is 3. The van der Waals surface area contributed by atoms with Gasteiger partial charge in [-0.2, -0.15) is 0 Å². The number of hydrogen-bond acceptors (Lipinski definition) is 2. The maximum Gasteiger partial charge on any atom is 0.253 e. The van der Waals surface area contributed by atoms with Crippen LogP contribution in [0.1, 0.15) is 46.7 Å². The summed E-state index contributed by atoms with van der Waals surface area (Å²) in [6.45, 7) is 7.34. The van der Waals surface area contributed by atoms with Gasteiger partial charge in [0.25, 0.3) is 5.91 Å². The summed E-state index contributed by atoms with van der Waals surface area (Å²) in [6, 6.07) is 6.10. The van der Waals surface area contributed by atoms with E-state index < -0.39 is 0 Å². The van der Waals surface area contributed by atoms with Crippen molar-refractivity contribution in [3.05, 3.63) is 52.6 Å². The normalized spacial score (nSPS) is 16.6. The summed E-state index contributed by atoms with van der Waals surface area (Å²) in [5.74, 6) is 0.194. The number of ether oxygens (including phenoxy) is 1. The molecule has 4 nitrogen and oxygen atoms in total. The van der Waals surface area contributed by atoms with E-state index in [9.17, 15) is 9.18 Å². The highest BCUT2D eigenvalue weighted by molar-refractivity contribution is 5.96. The minimum atomic E-state index is -0.322. The van der Waals surface area contributed by atoms with Crippen LogP contribution in [0.2, 0.25) is 0 Å². The highest BCUT2D eigenvalue weighted by atomic mass is 19.1. The summed E-state index contributed by atoms with van der Waals surface area (Å²) in [5, 5.41) is 3.03. The fraction of sp³-hybridized carbons (Fsp3) is 0.389. The van der Waals surface area contributed by atoms with Crippen LogP contribution in [0.15, 0.2) is 24.3 Å². The van der Waals surface area contributed by atoms with Gasteiger partial charge < -0.3 is 14.6 Å². The molecule has 1 aromatic carbocycles. The highest BCUT2D eigenvalue weighted by Crippen LogP contribution is 2.32. The Balaban J connectivity index is 1.86. The van der Waals surface area contributed by atoms with Crippen LogP contribution in [0.25, 0.3) is 0 Å². The molecule has 1 N–H and O–H groups in total. The average Bonchev–Trinajstić information content (AvgIpc) is 2.82. The van der Waals surface area contributed by atoms with E-state index >= 15 is 0 Å². The molecule has 0 saturated heterocycles. The van der Waals surface area contributed by atoms with Crippen molar-refractivity contribution in [1.29, 1.82) is 0 Å². The molecule has 0 aliphatic carbocycles. The molecule has 0 fully saturated rings. The predicted octanol–water partition coefficient (Wildman–Crippen LogP) is 3.52. The average molecular weight is 316 g/mol. The van der Waals surface area contributed by atoms with Gasteiger partial charge in [-0.3, -0.25) is 4.79 Å².